The van der Waals surface area contributed by atoms with E-state index in [1.165, 1.54) is 12.1 Å². The van der Waals surface area contributed by atoms with Gasteiger partial charge in [-0.25, -0.2) is 4.39 Å². The lowest BCUT2D eigenvalue weighted by Crippen LogP contribution is -2.48. The van der Waals surface area contributed by atoms with Gasteiger partial charge >= 0.3 is 0 Å². The van der Waals surface area contributed by atoms with E-state index in [4.69, 9.17) is 4.42 Å². The third-order valence-corrected chi connectivity index (χ3v) is 4.47. The molecule has 0 unspecified atom stereocenters. The predicted octanol–water partition coefficient (Wildman–Crippen LogP) is 4.33. The second-order valence-electron chi connectivity index (χ2n) is 6.05. The van der Waals surface area contributed by atoms with Crippen LogP contribution in [0.15, 0.2) is 71.5 Å². The number of rotatable bonds is 3. The molecule has 1 aromatic heterocycles. The minimum Gasteiger partial charge on any atom is -0.472 e. The highest BCUT2D eigenvalue weighted by Gasteiger charge is 2.32. The smallest absolute Gasteiger partial charge is 0.253 e. The average Bonchev–Trinajstić information content (AvgIpc) is 3.10. The van der Waals surface area contributed by atoms with Gasteiger partial charge in [0.25, 0.3) is 5.91 Å². The van der Waals surface area contributed by atoms with Crippen molar-refractivity contribution in [2.24, 2.45) is 0 Å². The molecule has 1 amide bonds. The number of furan rings is 1. The number of carbonyl (C=O) groups excluding carboxylic acids is 1. The van der Waals surface area contributed by atoms with Crippen molar-refractivity contribution in [1.29, 1.82) is 0 Å². The third kappa shape index (κ3) is 2.71. The standard InChI is InChI=1S/C20H16FNO2/c21-19-6-4-14(5-7-19)18-11-22(12-18)20(23)16-3-1-2-15(10-16)17-8-9-24-13-17/h1-10,13,18H,11-12H2. The maximum absolute atomic E-state index is 13.0. The van der Waals surface area contributed by atoms with Gasteiger partial charge in [0, 0.05) is 30.1 Å². The lowest BCUT2D eigenvalue weighted by molar-refractivity contribution is 0.0602. The van der Waals surface area contributed by atoms with Gasteiger partial charge in [0.1, 0.15) is 5.82 Å². The highest BCUT2D eigenvalue weighted by atomic mass is 19.1. The Morgan fingerprint density at radius 3 is 2.54 bits per heavy atom. The van der Waals surface area contributed by atoms with Crippen LogP contribution in [0.5, 0.6) is 0 Å². The van der Waals surface area contributed by atoms with E-state index in [1.54, 1.807) is 24.7 Å². The van der Waals surface area contributed by atoms with Crippen LogP contribution in [0.1, 0.15) is 21.8 Å². The summed E-state index contributed by atoms with van der Waals surface area (Å²) >= 11 is 0. The number of nitrogens with zero attached hydrogens (tertiary/aromatic N) is 1. The van der Waals surface area contributed by atoms with Crippen LogP contribution >= 0.6 is 0 Å². The number of halogens is 1. The van der Waals surface area contributed by atoms with Crippen LogP contribution < -0.4 is 0 Å². The normalized spacial score (nSPS) is 14.5. The fourth-order valence-corrected chi connectivity index (χ4v) is 3.03. The molecular weight excluding hydrogens is 305 g/mol. The molecule has 0 bridgehead atoms. The van der Waals surface area contributed by atoms with E-state index < -0.39 is 0 Å². The van der Waals surface area contributed by atoms with E-state index in [0.717, 1.165) is 16.7 Å². The number of likely N-dealkylation sites (tertiary alicyclic amines) is 1. The average molecular weight is 321 g/mol. The van der Waals surface area contributed by atoms with E-state index in [1.807, 2.05) is 35.2 Å². The Hall–Kier alpha value is -2.88. The SMILES string of the molecule is O=C(c1cccc(-c2ccoc2)c1)N1CC(c2ccc(F)cc2)C1. The Balaban J connectivity index is 1.46. The molecule has 4 rings (SSSR count). The molecule has 0 N–H and O–H groups in total. The van der Waals surface area contributed by atoms with E-state index >= 15 is 0 Å². The molecule has 120 valence electrons. The van der Waals surface area contributed by atoms with Gasteiger partial charge in [-0.1, -0.05) is 24.3 Å². The minimum absolute atomic E-state index is 0.0266. The molecule has 2 aromatic carbocycles. The van der Waals surface area contributed by atoms with E-state index in [9.17, 15) is 9.18 Å². The van der Waals surface area contributed by atoms with Crippen molar-refractivity contribution in [2.45, 2.75) is 5.92 Å². The first kappa shape index (κ1) is 14.7. The van der Waals surface area contributed by atoms with Crippen LogP contribution in [-0.2, 0) is 0 Å². The van der Waals surface area contributed by atoms with E-state index in [2.05, 4.69) is 0 Å². The fraction of sp³-hybridized carbons (Fsp3) is 0.150. The van der Waals surface area contributed by atoms with Crippen molar-refractivity contribution in [3.63, 3.8) is 0 Å². The summed E-state index contributed by atoms with van der Waals surface area (Å²) in [5, 5.41) is 0. The summed E-state index contributed by atoms with van der Waals surface area (Å²) in [6.45, 7) is 1.33. The molecule has 1 aliphatic heterocycles. The molecule has 24 heavy (non-hydrogen) atoms. The van der Waals surface area contributed by atoms with Crippen molar-refractivity contribution in [3.8, 4) is 11.1 Å². The van der Waals surface area contributed by atoms with Crippen LogP contribution in [0.2, 0.25) is 0 Å². The Morgan fingerprint density at radius 1 is 1.04 bits per heavy atom. The van der Waals surface area contributed by atoms with Crippen LogP contribution in [0, 0.1) is 5.82 Å². The molecule has 1 saturated heterocycles. The molecule has 1 fully saturated rings. The zero-order valence-corrected chi connectivity index (χ0v) is 13.0. The van der Waals surface area contributed by atoms with Gasteiger partial charge in [-0.3, -0.25) is 4.79 Å². The molecule has 2 heterocycles. The maximum atomic E-state index is 13.0. The van der Waals surface area contributed by atoms with E-state index in [0.29, 0.717) is 18.7 Å². The molecule has 0 atom stereocenters. The van der Waals surface area contributed by atoms with E-state index in [-0.39, 0.29) is 17.6 Å². The Kier molecular flexibility index (Phi) is 3.65. The summed E-state index contributed by atoms with van der Waals surface area (Å²) in [4.78, 5) is 14.4. The zero-order valence-electron chi connectivity index (χ0n) is 13.0. The molecule has 3 nitrogen and oxygen atoms in total. The van der Waals surface area contributed by atoms with Crippen molar-refractivity contribution >= 4 is 5.91 Å². The van der Waals surface area contributed by atoms with Gasteiger partial charge in [-0.15, -0.1) is 0 Å². The lowest BCUT2D eigenvalue weighted by atomic mass is 9.90. The Labute approximate surface area is 139 Å². The summed E-state index contributed by atoms with van der Waals surface area (Å²) in [5.74, 6) is 0.0763. The van der Waals surface area contributed by atoms with Crippen molar-refractivity contribution in [1.82, 2.24) is 4.90 Å². The molecule has 0 spiro atoms. The third-order valence-electron chi connectivity index (χ3n) is 4.47. The lowest BCUT2D eigenvalue weighted by Gasteiger charge is -2.39. The first-order valence-corrected chi connectivity index (χ1v) is 7.88. The first-order valence-electron chi connectivity index (χ1n) is 7.88. The number of hydrogen-bond acceptors (Lipinski definition) is 2. The minimum atomic E-state index is -0.234. The molecule has 3 aromatic rings. The molecule has 0 radical (unpaired) electrons. The number of hydrogen-bond donors (Lipinski definition) is 0. The summed E-state index contributed by atoms with van der Waals surface area (Å²) < 4.78 is 18.1. The number of amides is 1. The predicted molar refractivity (Wildman–Crippen MR) is 89.2 cm³/mol. The molecule has 0 saturated carbocycles. The van der Waals surface area contributed by atoms with Gasteiger partial charge in [-0.2, -0.15) is 0 Å². The molecular formula is C20H16FNO2. The van der Waals surface area contributed by atoms with Crippen LogP contribution in [0.25, 0.3) is 11.1 Å². The maximum Gasteiger partial charge on any atom is 0.253 e. The largest absolute Gasteiger partial charge is 0.472 e. The highest BCUT2D eigenvalue weighted by Crippen LogP contribution is 2.29. The molecule has 1 aliphatic rings. The van der Waals surface area contributed by atoms with Gasteiger partial charge in [0.05, 0.1) is 12.5 Å². The molecule has 4 heteroatoms. The monoisotopic (exact) mass is 321 g/mol. The molecule has 0 aliphatic carbocycles. The van der Waals surface area contributed by atoms with Crippen molar-refractivity contribution in [3.05, 3.63) is 84.1 Å². The fourth-order valence-electron chi connectivity index (χ4n) is 3.03. The Bertz CT molecular complexity index is 850. The number of carbonyl (C=O) groups is 1. The summed E-state index contributed by atoms with van der Waals surface area (Å²) in [6.07, 6.45) is 3.28. The summed E-state index contributed by atoms with van der Waals surface area (Å²) in [5.41, 5.74) is 3.67. The Morgan fingerprint density at radius 2 is 1.83 bits per heavy atom. The highest BCUT2D eigenvalue weighted by molar-refractivity contribution is 5.96. The van der Waals surface area contributed by atoms with Gasteiger partial charge in [0.2, 0.25) is 0 Å². The number of benzene rings is 2. The van der Waals surface area contributed by atoms with Crippen molar-refractivity contribution in [2.75, 3.05) is 13.1 Å². The van der Waals surface area contributed by atoms with Crippen LogP contribution in [0.3, 0.4) is 0 Å². The van der Waals surface area contributed by atoms with Crippen LogP contribution in [0.4, 0.5) is 4.39 Å². The summed E-state index contributed by atoms with van der Waals surface area (Å²) in [6, 6.07) is 15.9. The second-order valence-corrected chi connectivity index (χ2v) is 6.05. The van der Waals surface area contributed by atoms with Gasteiger partial charge < -0.3 is 9.32 Å². The summed E-state index contributed by atoms with van der Waals surface area (Å²) in [7, 11) is 0. The van der Waals surface area contributed by atoms with Crippen LogP contribution in [-0.4, -0.2) is 23.9 Å². The topological polar surface area (TPSA) is 33.5 Å². The quantitative estimate of drug-likeness (QED) is 0.719. The van der Waals surface area contributed by atoms with Gasteiger partial charge in [0.15, 0.2) is 0 Å². The van der Waals surface area contributed by atoms with Crippen molar-refractivity contribution < 1.29 is 13.6 Å². The van der Waals surface area contributed by atoms with Gasteiger partial charge in [-0.05, 0) is 41.5 Å². The zero-order chi connectivity index (χ0) is 16.5. The first-order chi connectivity index (χ1) is 11.7. The second kappa shape index (κ2) is 5.96.